The predicted molar refractivity (Wildman–Crippen MR) is 175 cm³/mol. The maximum atomic E-state index is 14.0. The van der Waals surface area contributed by atoms with Crippen LogP contribution in [0.25, 0.3) is 0 Å². The van der Waals surface area contributed by atoms with Crippen molar-refractivity contribution in [3.05, 3.63) is 70.8 Å². The second-order valence-corrected chi connectivity index (χ2v) is 13.5. The Kier molecular flexibility index (Phi) is 16.6. The topological polar surface area (TPSA) is 134 Å². The van der Waals surface area contributed by atoms with Gasteiger partial charge in [0.2, 0.25) is 5.91 Å². The number of sulfone groups is 1. The largest absolute Gasteiger partial charge is 0.435 e. The Morgan fingerprint density at radius 3 is 2.30 bits per heavy atom. The fraction of sp³-hybridized carbons (Fsp3) is 0.500. The maximum absolute atomic E-state index is 14.0. The summed E-state index contributed by atoms with van der Waals surface area (Å²) < 4.78 is 59.6. The number of nitrogens with one attached hydrogen (secondary N) is 2. The van der Waals surface area contributed by atoms with Gasteiger partial charge in [0.25, 0.3) is 0 Å². The molecule has 9 nitrogen and oxygen atoms in total. The second kappa shape index (κ2) is 19.8. The number of hydrogen-bond acceptors (Lipinski definition) is 7. The summed E-state index contributed by atoms with van der Waals surface area (Å²) in [4.78, 5) is 29.3. The lowest BCUT2D eigenvalue weighted by Crippen LogP contribution is -2.51. The Morgan fingerprint density at radius 2 is 1.70 bits per heavy atom. The van der Waals surface area contributed by atoms with Crippen LogP contribution in [0.1, 0.15) is 63.1 Å². The highest BCUT2D eigenvalue weighted by Crippen LogP contribution is 2.19. The average Bonchev–Trinajstić information content (AvgIpc) is 3.01. The zero-order chi connectivity index (χ0) is 34.1. The van der Waals surface area contributed by atoms with E-state index in [-0.39, 0.29) is 25.1 Å². The Bertz CT molecular complexity index is 1430. The van der Waals surface area contributed by atoms with Gasteiger partial charge >= 0.3 is 6.09 Å². The van der Waals surface area contributed by atoms with Gasteiger partial charge in [-0.25, -0.2) is 22.0 Å². The number of halogens is 2. The molecule has 0 fully saturated rings. The minimum Gasteiger partial charge on any atom is -0.435 e. The molecule has 1 unspecified atom stereocenters. The van der Waals surface area contributed by atoms with Gasteiger partial charge in [-0.2, -0.15) is 4.99 Å². The van der Waals surface area contributed by atoms with Gasteiger partial charge in [-0.3, -0.25) is 4.79 Å². The molecule has 3 N–H and O–H groups in total. The Labute approximate surface area is 271 Å². The zero-order valence-electron chi connectivity index (χ0n) is 26.7. The monoisotopic (exact) mass is 661 g/mol. The second-order valence-electron chi connectivity index (χ2n) is 11.1. The number of aliphatic hydroxyl groups excluding tert-OH is 1. The third-order valence-electron chi connectivity index (χ3n) is 7.37. The van der Waals surface area contributed by atoms with E-state index in [0.29, 0.717) is 38.3 Å². The highest BCUT2D eigenvalue weighted by molar-refractivity contribution is 7.92. The fourth-order valence-corrected chi connectivity index (χ4v) is 7.23. The minimum atomic E-state index is -3.84. The van der Waals surface area contributed by atoms with Crippen LogP contribution in [0.3, 0.4) is 0 Å². The lowest BCUT2D eigenvalue weighted by molar-refractivity contribution is -0.124. The van der Waals surface area contributed by atoms with Crippen molar-refractivity contribution in [3.63, 3.8) is 0 Å². The normalized spacial score (nSPS) is 13.7. The summed E-state index contributed by atoms with van der Waals surface area (Å²) in [6.07, 6.45) is 6.33. The first-order valence-corrected chi connectivity index (χ1v) is 17.2. The molecular formula is C34H45F2N3O6S. The maximum Gasteiger partial charge on any atom is 0.434 e. The van der Waals surface area contributed by atoms with Crippen molar-refractivity contribution < 1.29 is 36.6 Å². The Hall–Kier alpha value is -3.66. The van der Waals surface area contributed by atoms with Crippen molar-refractivity contribution in [2.24, 2.45) is 10.9 Å². The van der Waals surface area contributed by atoms with Gasteiger partial charge in [0.1, 0.15) is 11.6 Å². The molecule has 252 valence electrons. The summed E-state index contributed by atoms with van der Waals surface area (Å²) in [7, 11) is -3.84. The van der Waals surface area contributed by atoms with Gasteiger partial charge in [0.05, 0.1) is 29.1 Å². The number of aliphatic hydroxyl groups is 1. The van der Waals surface area contributed by atoms with E-state index in [1.165, 1.54) is 0 Å². The van der Waals surface area contributed by atoms with Crippen LogP contribution in [0, 0.1) is 29.9 Å². The lowest BCUT2D eigenvalue weighted by Gasteiger charge is -2.27. The van der Waals surface area contributed by atoms with Gasteiger partial charge in [0, 0.05) is 25.4 Å². The van der Waals surface area contributed by atoms with E-state index >= 15 is 0 Å². The van der Waals surface area contributed by atoms with Crippen LogP contribution < -0.4 is 10.6 Å². The minimum absolute atomic E-state index is 0.0103. The predicted octanol–water partition coefficient (Wildman–Crippen LogP) is 4.55. The van der Waals surface area contributed by atoms with E-state index in [1.54, 1.807) is 0 Å². The Morgan fingerprint density at radius 1 is 1.04 bits per heavy atom. The van der Waals surface area contributed by atoms with Crippen molar-refractivity contribution in [2.75, 3.05) is 18.9 Å². The first kappa shape index (κ1) is 38.5. The number of rotatable bonds is 19. The number of carbonyl (C=O) groups is 2. The Balaban J connectivity index is 2.35. The molecule has 0 heterocycles. The van der Waals surface area contributed by atoms with Crippen LogP contribution in [0.15, 0.2) is 47.5 Å². The SMILES string of the molecule is C#CCOC(=O)/N=C/C(CS(=O)(=O)C(CCC)CCC)C(=O)N[C@@H](Cc1cc(F)cc(F)c1)[C@H](O)CNCc1cccc(CC)c1. The van der Waals surface area contributed by atoms with E-state index in [4.69, 9.17) is 11.2 Å². The highest BCUT2D eigenvalue weighted by atomic mass is 32.2. The first-order chi connectivity index (χ1) is 21.9. The van der Waals surface area contributed by atoms with Gasteiger partial charge in [-0.05, 0) is 54.5 Å². The summed E-state index contributed by atoms with van der Waals surface area (Å²) in [5, 5.41) is 16.3. The van der Waals surface area contributed by atoms with E-state index in [2.05, 4.69) is 21.5 Å². The number of benzene rings is 2. The van der Waals surface area contributed by atoms with Crippen LogP contribution in [0.4, 0.5) is 13.6 Å². The standard InChI is InChI=1S/C34H45F2N3O6S/c1-5-10-30(11-6-2)46(43,44)23-27(21-38-34(42)45-14-7-3)33(41)39-31(18-26-16-28(35)19-29(36)17-26)32(40)22-37-20-25-13-9-12-24(8-4)15-25/h3,9,12-13,15-17,19,21,27,30-32,37,40H,5-6,8,10-11,14,18,20,22-23H2,1-2,4H3,(H,39,41)/b38-21+/t27?,31-,32+/m0/s1. The van der Waals surface area contributed by atoms with Crippen molar-refractivity contribution in [3.8, 4) is 12.3 Å². The van der Waals surface area contributed by atoms with E-state index in [9.17, 15) is 31.9 Å². The molecule has 46 heavy (non-hydrogen) atoms. The van der Waals surface area contributed by atoms with Crippen LogP contribution >= 0.6 is 0 Å². The molecule has 2 rings (SSSR count). The first-order valence-electron chi connectivity index (χ1n) is 15.5. The molecule has 0 spiro atoms. The molecule has 0 aliphatic heterocycles. The smallest absolute Gasteiger partial charge is 0.434 e. The van der Waals surface area contributed by atoms with E-state index in [1.807, 2.05) is 45.0 Å². The summed E-state index contributed by atoms with van der Waals surface area (Å²) >= 11 is 0. The number of hydrogen-bond donors (Lipinski definition) is 3. The number of terminal acetylenes is 1. The number of aliphatic imine (C=N–C) groups is 1. The molecular weight excluding hydrogens is 616 g/mol. The molecule has 0 aliphatic carbocycles. The summed E-state index contributed by atoms with van der Waals surface area (Å²) in [5.41, 5.74) is 2.29. The van der Waals surface area contributed by atoms with Crippen molar-refractivity contribution in [2.45, 2.75) is 83.2 Å². The highest BCUT2D eigenvalue weighted by Gasteiger charge is 2.32. The van der Waals surface area contributed by atoms with Crippen LogP contribution in [-0.2, 0) is 38.8 Å². The van der Waals surface area contributed by atoms with Gasteiger partial charge in [-0.15, -0.1) is 6.42 Å². The van der Waals surface area contributed by atoms with Crippen LogP contribution in [-0.4, -0.2) is 68.0 Å². The molecule has 3 atom stereocenters. The van der Waals surface area contributed by atoms with E-state index in [0.717, 1.165) is 35.9 Å². The molecule has 0 aromatic heterocycles. The molecule has 0 saturated heterocycles. The summed E-state index contributed by atoms with van der Waals surface area (Å²) in [6, 6.07) is 9.67. The number of ether oxygens (including phenoxy) is 1. The molecule has 2 aromatic rings. The molecule has 2 aromatic carbocycles. The van der Waals surface area contributed by atoms with Gasteiger partial charge < -0.3 is 20.5 Å². The third kappa shape index (κ3) is 13.4. The average molecular weight is 662 g/mol. The van der Waals surface area contributed by atoms with Crippen molar-refractivity contribution in [1.82, 2.24) is 10.6 Å². The molecule has 12 heteroatoms. The zero-order valence-corrected chi connectivity index (χ0v) is 27.5. The molecule has 2 amide bonds. The number of nitrogens with zero attached hydrogens (tertiary/aromatic N) is 1. The van der Waals surface area contributed by atoms with Crippen molar-refractivity contribution in [1.29, 1.82) is 0 Å². The summed E-state index contributed by atoms with van der Waals surface area (Å²) in [5.74, 6) is -2.49. The quantitative estimate of drug-likeness (QED) is 0.149. The fourth-order valence-electron chi connectivity index (χ4n) is 5.03. The molecule has 0 bridgehead atoms. The van der Waals surface area contributed by atoms with Crippen LogP contribution in [0.2, 0.25) is 0 Å². The third-order valence-corrected chi connectivity index (χ3v) is 9.68. The van der Waals surface area contributed by atoms with E-state index < -0.39 is 62.5 Å². The number of carbonyl (C=O) groups excluding carboxylic acids is 2. The number of amides is 2. The van der Waals surface area contributed by atoms with Gasteiger partial charge in [0.15, 0.2) is 16.4 Å². The molecule has 0 saturated carbocycles. The number of aryl methyl sites for hydroxylation is 1. The van der Waals surface area contributed by atoms with Gasteiger partial charge in [-0.1, -0.05) is 63.8 Å². The van der Waals surface area contributed by atoms with Crippen molar-refractivity contribution >= 4 is 28.1 Å². The molecule has 0 aliphatic rings. The molecule has 0 radical (unpaired) electrons. The van der Waals surface area contributed by atoms with Crippen LogP contribution in [0.5, 0.6) is 0 Å². The summed E-state index contributed by atoms with van der Waals surface area (Å²) in [6.45, 7) is 5.79. The lowest BCUT2D eigenvalue weighted by atomic mass is 9.99.